The summed E-state index contributed by atoms with van der Waals surface area (Å²) in [5.41, 5.74) is 8.44. The van der Waals surface area contributed by atoms with Crippen LogP contribution in [0.1, 0.15) is 21.5 Å². The molecular weight excluding hydrogens is 255 g/mol. The van der Waals surface area contributed by atoms with Crippen LogP contribution >= 0.6 is 0 Å². The lowest BCUT2D eigenvalue weighted by atomic mass is 10.1. The van der Waals surface area contributed by atoms with E-state index in [1.54, 1.807) is 37.1 Å². The number of halogens is 1. The van der Waals surface area contributed by atoms with Gasteiger partial charge in [0.15, 0.2) is 0 Å². The molecule has 0 fully saturated rings. The molecule has 2 aromatic rings. The first-order valence-electron chi connectivity index (χ1n) is 6.33. The fraction of sp³-hybridized carbons (Fsp3) is 0.188. The third-order valence-electron chi connectivity index (χ3n) is 3.18. The number of aryl methyl sites for hydroxylation is 1. The molecule has 0 saturated carbocycles. The highest BCUT2D eigenvalue weighted by Gasteiger charge is 2.15. The van der Waals surface area contributed by atoms with Crippen molar-refractivity contribution in [1.82, 2.24) is 4.90 Å². The molecule has 0 atom stereocenters. The van der Waals surface area contributed by atoms with Crippen molar-refractivity contribution in [2.75, 3.05) is 12.8 Å². The van der Waals surface area contributed by atoms with Crippen LogP contribution in [0.25, 0.3) is 0 Å². The molecule has 0 saturated heterocycles. The molecule has 0 aliphatic heterocycles. The molecule has 20 heavy (non-hydrogen) atoms. The minimum absolute atomic E-state index is 0.196. The van der Waals surface area contributed by atoms with E-state index in [-0.39, 0.29) is 5.91 Å². The van der Waals surface area contributed by atoms with E-state index in [0.717, 1.165) is 11.1 Å². The molecule has 0 aliphatic rings. The summed E-state index contributed by atoms with van der Waals surface area (Å²) in [6.07, 6.45) is 0. The second-order valence-corrected chi connectivity index (χ2v) is 4.86. The monoisotopic (exact) mass is 272 g/mol. The van der Waals surface area contributed by atoms with Gasteiger partial charge in [0.2, 0.25) is 0 Å². The predicted octanol–water partition coefficient (Wildman–Crippen LogP) is 2.99. The lowest BCUT2D eigenvalue weighted by Crippen LogP contribution is -2.27. The molecule has 1 amide bonds. The Bertz CT molecular complexity index is 623. The first-order chi connectivity index (χ1) is 9.47. The Balaban J connectivity index is 2.16. The number of rotatable bonds is 3. The minimum atomic E-state index is -0.403. The average Bonchev–Trinajstić information content (AvgIpc) is 2.43. The largest absolute Gasteiger partial charge is 0.399 e. The van der Waals surface area contributed by atoms with Crippen LogP contribution in [0.2, 0.25) is 0 Å². The van der Waals surface area contributed by atoms with Crippen molar-refractivity contribution in [1.29, 1.82) is 0 Å². The second-order valence-electron chi connectivity index (χ2n) is 4.86. The SMILES string of the molecule is Cc1ccc(F)cc1C(=O)N(C)Cc1ccc(N)cc1. The van der Waals surface area contributed by atoms with Crippen molar-refractivity contribution < 1.29 is 9.18 Å². The quantitative estimate of drug-likeness (QED) is 0.873. The number of benzene rings is 2. The van der Waals surface area contributed by atoms with E-state index in [1.165, 1.54) is 12.1 Å². The van der Waals surface area contributed by atoms with Gasteiger partial charge in [-0.1, -0.05) is 18.2 Å². The summed E-state index contributed by atoms with van der Waals surface area (Å²) < 4.78 is 13.3. The zero-order chi connectivity index (χ0) is 14.7. The molecule has 0 radical (unpaired) electrons. The molecular formula is C16H17FN2O. The lowest BCUT2D eigenvalue weighted by Gasteiger charge is -2.18. The number of nitrogen functional groups attached to an aromatic ring is 1. The maximum atomic E-state index is 13.3. The zero-order valence-electron chi connectivity index (χ0n) is 11.6. The summed E-state index contributed by atoms with van der Waals surface area (Å²) >= 11 is 0. The minimum Gasteiger partial charge on any atom is -0.399 e. The summed E-state index contributed by atoms with van der Waals surface area (Å²) in [6.45, 7) is 2.25. The Morgan fingerprint density at radius 2 is 1.85 bits per heavy atom. The predicted molar refractivity (Wildman–Crippen MR) is 77.8 cm³/mol. The third-order valence-corrected chi connectivity index (χ3v) is 3.18. The molecule has 2 N–H and O–H groups in total. The number of carbonyl (C=O) groups excluding carboxylic acids is 1. The van der Waals surface area contributed by atoms with Crippen LogP contribution in [0.4, 0.5) is 10.1 Å². The van der Waals surface area contributed by atoms with Crippen molar-refractivity contribution in [2.24, 2.45) is 0 Å². The number of amides is 1. The van der Waals surface area contributed by atoms with Gasteiger partial charge in [-0.15, -0.1) is 0 Å². The molecule has 0 bridgehead atoms. The van der Waals surface area contributed by atoms with Crippen molar-refractivity contribution in [3.8, 4) is 0 Å². The van der Waals surface area contributed by atoms with Gasteiger partial charge in [-0.25, -0.2) is 4.39 Å². The topological polar surface area (TPSA) is 46.3 Å². The van der Waals surface area contributed by atoms with Gasteiger partial charge < -0.3 is 10.6 Å². The van der Waals surface area contributed by atoms with Gasteiger partial charge in [0.25, 0.3) is 5.91 Å². The molecule has 0 spiro atoms. The highest BCUT2D eigenvalue weighted by molar-refractivity contribution is 5.95. The van der Waals surface area contributed by atoms with Gasteiger partial charge in [-0.05, 0) is 42.3 Å². The summed E-state index contributed by atoms with van der Waals surface area (Å²) in [5.74, 6) is -0.598. The smallest absolute Gasteiger partial charge is 0.254 e. The first-order valence-corrected chi connectivity index (χ1v) is 6.33. The Labute approximate surface area is 117 Å². The second kappa shape index (κ2) is 5.74. The van der Waals surface area contributed by atoms with Crippen LogP contribution < -0.4 is 5.73 Å². The fourth-order valence-corrected chi connectivity index (χ4v) is 2.00. The Morgan fingerprint density at radius 3 is 2.50 bits per heavy atom. The van der Waals surface area contributed by atoms with Crippen LogP contribution in [-0.2, 0) is 6.54 Å². The number of carbonyl (C=O) groups is 1. The summed E-state index contributed by atoms with van der Waals surface area (Å²) in [6, 6.07) is 11.6. The summed E-state index contributed by atoms with van der Waals surface area (Å²) in [4.78, 5) is 13.9. The third kappa shape index (κ3) is 3.15. The Hall–Kier alpha value is -2.36. The van der Waals surface area contributed by atoms with Gasteiger partial charge in [0, 0.05) is 24.8 Å². The molecule has 2 rings (SSSR count). The zero-order valence-corrected chi connectivity index (χ0v) is 11.6. The molecule has 2 aromatic carbocycles. The standard InChI is InChI=1S/C16H17FN2O/c1-11-3-6-13(17)9-15(11)16(20)19(2)10-12-4-7-14(18)8-5-12/h3-9H,10,18H2,1-2H3. The number of hydrogen-bond donors (Lipinski definition) is 1. The van der Waals surface area contributed by atoms with E-state index in [1.807, 2.05) is 12.1 Å². The van der Waals surface area contributed by atoms with Gasteiger partial charge in [-0.3, -0.25) is 4.79 Å². The maximum absolute atomic E-state index is 13.3. The van der Waals surface area contributed by atoms with Crippen LogP contribution in [0.15, 0.2) is 42.5 Å². The van der Waals surface area contributed by atoms with E-state index in [0.29, 0.717) is 17.8 Å². The summed E-state index contributed by atoms with van der Waals surface area (Å²) in [5, 5.41) is 0. The van der Waals surface area contributed by atoms with Gasteiger partial charge in [0.05, 0.1) is 0 Å². The lowest BCUT2D eigenvalue weighted by molar-refractivity contribution is 0.0784. The van der Waals surface area contributed by atoms with Crippen molar-refractivity contribution >= 4 is 11.6 Å². The number of nitrogens with two attached hydrogens (primary N) is 1. The van der Waals surface area contributed by atoms with Crippen molar-refractivity contribution in [3.05, 3.63) is 65.0 Å². The average molecular weight is 272 g/mol. The van der Waals surface area contributed by atoms with Crippen LogP contribution in [0.5, 0.6) is 0 Å². The van der Waals surface area contributed by atoms with Crippen LogP contribution in [0.3, 0.4) is 0 Å². The first kappa shape index (κ1) is 14.1. The molecule has 0 aliphatic carbocycles. The molecule has 0 unspecified atom stereocenters. The van der Waals surface area contributed by atoms with Crippen LogP contribution in [-0.4, -0.2) is 17.9 Å². The molecule has 104 valence electrons. The maximum Gasteiger partial charge on any atom is 0.254 e. The highest BCUT2D eigenvalue weighted by Crippen LogP contribution is 2.14. The van der Waals surface area contributed by atoms with E-state index in [4.69, 9.17) is 5.73 Å². The number of nitrogens with zero attached hydrogens (tertiary/aromatic N) is 1. The highest BCUT2D eigenvalue weighted by atomic mass is 19.1. The Kier molecular flexibility index (Phi) is 4.03. The number of hydrogen-bond acceptors (Lipinski definition) is 2. The molecule has 0 aromatic heterocycles. The van der Waals surface area contributed by atoms with E-state index in [9.17, 15) is 9.18 Å². The van der Waals surface area contributed by atoms with Gasteiger partial charge in [0.1, 0.15) is 5.82 Å². The molecule has 3 nitrogen and oxygen atoms in total. The fourth-order valence-electron chi connectivity index (χ4n) is 2.00. The summed E-state index contributed by atoms with van der Waals surface area (Å²) in [7, 11) is 1.70. The van der Waals surface area contributed by atoms with Crippen molar-refractivity contribution in [3.63, 3.8) is 0 Å². The van der Waals surface area contributed by atoms with Crippen molar-refractivity contribution in [2.45, 2.75) is 13.5 Å². The molecule has 0 heterocycles. The van der Waals surface area contributed by atoms with E-state index < -0.39 is 5.82 Å². The van der Waals surface area contributed by atoms with Crippen LogP contribution in [0, 0.1) is 12.7 Å². The van der Waals surface area contributed by atoms with E-state index in [2.05, 4.69) is 0 Å². The Morgan fingerprint density at radius 1 is 1.20 bits per heavy atom. The number of anilines is 1. The van der Waals surface area contributed by atoms with Gasteiger partial charge in [-0.2, -0.15) is 0 Å². The van der Waals surface area contributed by atoms with Gasteiger partial charge >= 0.3 is 0 Å². The normalized spacial score (nSPS) is 10.3. The molecule has 4 heteroatoms. The van der Waals surface area contributed by atoms with E-state index >= 15 is 0 Å².